The number of imidazole rings is 1. The summed E-state index contributed by atoms with van der Waals surface area (Å²) in [6.07, 6.45) is -8.65. The summed E-state index contributed by atoms with van der Waals surface area (Å²) in [5.41, 5.74) is 3.09. The van der Waals surface area contributed by atoms with E-state index in [0.29, 0.717) is 22.5 Å². The normalized spacial score (nSPS) is 18.2. The lowest BCUT2D eigenvalue weighted by Gasteiger charge is -2.30. The van der Waals surface area contributed by atoms with Crippen LogP contribution in [-0.2, 0) is 75.6 Å². The Balaban J connectivity index is 0.824. The Bertz CT molecular complexity index is 4390. The summed E-state index contributed by atoms with van der Waals surface area (Å²) in [6, 6.07) is 23.6. The minimum atomic E-state index is -5.69. The van der Waals surface area contributed by atoms with Crippen LogP contribution in [-0.4, -0.2) is 175 Å². The minimum absolute atomic E-state index is 0.0142. The fraction of sp³-hybridized carbons (Fsp3) is 0.321. The number of aliphatic hydroxyl groups is 2. The second-order valence-corrected chi connectivity index (χ2v) is 29.7. The van der Waals surface area contributed by atoms with Crippen molar-refractivity contribution in [2.24, 2.45) is 5.41 Å². The van der Waals surface area contributed by atoms with Gasteiger partial charge >= 0.3 is 39.6 Å². The van der Waals surface area contributed by atoms with Crippen molar-refractivity contribution in [1.82, 2.24) is 35.1 Å². The first-order valence-electron chi connectivity index (χ1n) is 27.2. The molecule has 40 heteroatoms. The number of aromatic nitrogens is 4. The summed E-state index contributed by atoms with van der Waals surface area (Å²) in [6.45, 7) is -0.535. The molecule has 8 atom stereocenters. The topological polar surface area (TPSA) is 511 Å². The van der Waals surface area contributed by atoms with E-state index in [1.807, 2.05) is 0 Å². The van der Waals surface area contributed by atoms with Crippen molar-refractivity contribution in [3.05, 3.63) is 121 Å². The molecule has 5 aromatic carbocycles. The number of nitrogens with two attached hydrogens (primary N) is 1. The van der Waals surface area contributed by atoms with Gasteiger partial charge in [-0.05, 0) is 64.0 Å². The Labute approximate surface area is 532 Å². The van der Waals surface area contributed by atoms with E-state index in [1.165, 1.54) is 38.1 Å². The Morgan fingerprint density at radius 2 is 1.44 bits per heavy atom. The Morgan fingerprint density at radius 1 is 0.817 bits per heavy atom. The molecule has 0 radical (unpaired) electrons. The van der Waals surface area contributed by atoms with Gasteiger partial charge in [0.2, 0.25) is 16.9 Å². The summed E-state index contributed by atoms with van der Waals surface area (Å²) in [4.78, 5) is 118. The van der Waals surface area contributed by atoms with Crippen molar-refractivity contribution >= 4 is 128 Å². The molecule has 1 saturated heterocycles. The number of nitrogen functional groups attached to an aromatic ring is 1. The van der Waals surface area contributed by atoms with Gasteiger partial charge in [0.25, 0.3) is 15.9 Å². The lowest BCUT2D eigenvalue weighted by atomic mass is 9.87. The molecular formula is C53H60N9O25P3S3. The summed E-state index contributed by atoms with van der Waals surface area (Å²) >= 11 is 0.510. The van der Waals surface area contributed by atoms with Gasteiger partial charge in [-0.25, -0.2) is 37.1 Å². The number of hydrogen-bond acceptors (Lipinski definition) is 25. The molecule has 3 amide bonds. The SMILES string of the molecule is CN(C(=O)c1cc(OS(=O)(=O)c2ccc3ccccc3c2)ccc1NS(=O)(=O)c1ccc2ccccc2c1)C(CC(=O)O)C(=O)SCCNC(=O)CCNC(=O)C(O)C(C)(C)COP(=O)(O)OP(=O)(O)OCC1OC(n2cnc3c(N)ncnc32)C(O)C1OP(=O)(O)O. The van der Waals surface area contributed by atoms with Crippen molar-refractivity contribution in [2.45, 2.75) is 73.2 Å². The average molecular weight is 1410 g/mol. The Morgan fingerprint density at radius 3 is 2.09 bits per heavy atom. The average Bonchev–Trinajstić information content (AvgIpc) is 1.73. The predicted molar refractivity (Wildman–Crippen MR) is 328 cm³/mol. The molecule has 1 aliphatic heterocycles. The van der Waals surface area contributed by atoms with Gasteiger partial charge in [0, 0.05) is 37.7 Å². The van der Waals surface area contributed by atoms with E-state index < -0.39 is 164 Å². The number of carbonyl (C=O) groups excluding carboxylic acids is 4. The number of phosphoric acid groups is 3. The quantitative estimate of drug-likeness (QED) is 0.0175. The first kappa shape index (κ1) is 71.5. The number of hydrogen-bond donors (Lipinski definition) is 11. The number of nitrogens with one attached hydrogen (secondary N) is 3. The highest BCUT2D eigenvalue weighted by Gasteiger charge is 2.50. The van der Waals surface area contributed by atoms with E-state index >= 15 is 0 Å². The van der Waals surface area contributed by atoms with Crippen LogP contribution in [0.2, 0.25) is 0 Å². The van der Waals surface area contributed by atoms with Crippen LogP contribution in [0.4, 0.5) is 11.5 Å². The number of carbonyl (C=O) groups is 5. The zero-order valence-electron chi connectivity index (χ0n) is 48.7. The lowest BCUT2D eigenvalue weighted by Crippen LogP contribution is -2.46. The van der Waals surface area contributed by atoms with Gasteiger partial charge in [0.1, 0.15) is 52.9 Å². The maximum absolute atomic E-state index is 14.5. The summed E-state index contributed by atoms with van der Waals surface area (Å²) < 4.78 is 126. The number of benzene rings is 5. The smallest absolute Gasteiger partial charge is 0.481 e. The highest BCUT2D eigenvalue weighted by atomic mass is 32.2. The molecule has 8 unspecified atom stereocenters. The van der Waals surface area contributed by atoms with Crippen LogP contribution in [0.3, 0.4) is 0 Å². The predicted octanol–water partition coefficient (Wildman–Crippen LogP) is 3.16. The molecule has 12 N–H and O–H groups in total. The van der Waals surface area contributed by atoms with Gasteiger partial charge in [-0.1, -0.05) is 86.3 Å². The van der Waals surface area contributed by atoms with Crippen LogP contribution in [0, 0.1) is 5.41 Å². The Kier molecular flexibility index (Phi) is 22.4. The van der Waals surface area contributed by atoms with Gasteiger partial charge in [0.05, 0.1) is 42.1 Å². The minimum Gasteiger partial charge on any atom is -0.481 e. The van der Waals surface area contributed by atoms with Crippen molar-refractivity contribution in [3.63, 3.8) is 0 Å². The number of sulfonamides is 1. The molecule has 0 aliphatic carbocycles. The van der Waals surface area contributed by atoms with E-state index in [0.717, 1.165) is 58.1 Å². The van der Waals surface area contributed by atoms with E-state index in [-0.39, 0.29) is 39.1 Å². The second-order valence-electron chi connectivity index (χ2n) is 21.1. The van der Waals surface area contributed by atoms with Crippen molar-refractivity contribution in [3.8, 4) is 5.75 Å². The number of aliphatic carboxylic acids is 1. The first-order chi connectivity index (χ1) is 43.5. The molecule has 3 heterocycles. The van der Waals surface area contributed by atoms with Crippen LogP contribution in [0.25, 0.3) is 32.7 Å². The molecule has 0 spiro atoms. The van der Waals surface area contributed by atoms with Gasteiger partial charge in [-0.2, -0.15) is 12.7 Å². The van der Waals surface area contributed by atoms with E-state index in [1.54, 1.807) is 60.7 Å². The number of carboxylic acids is 1. The number of fused-ring (bicyclic) bond motifs is 3. The van der Waals surface area contributed by atoms with Crippen LogP contribution in [0.5, 0.6) is 5.75 Å². The molecule has 8 rings (SSSR count). The van der Waals surface area contributed by atoms with Crippen molar-refractivity contribution < 1.29 is 116 Å². The van der Waals surface area contributed by atoms with Crippen LogP contribution >= 0.6 is 35.2 Å². The highest BCUT2D eigenvalue weighted by molar-refractivity contribution is 8.13. The number of nitrogens with zero attached hydrogens (tertiary/aromatic N) is 5. The Hall–Kier alpha value is -7.38. The van der Waals surface area contributed by atoms with E-state index in [2.05, 4.69) is 39.1 Å². The number of phosphoric ester groups is 3. The third kappa shape index (κ3) is 18.3. The first-order valence-corrected chi connectivity index (χ1v) is 35.6. The maximum atomic E-state index is 14.5. The fourth-order valence-corrected chi connectivity index (χ4v) is 14.9. The molecule has 0 bridgehead atoms. The second kappa shape index (κ2) is 29.1. The number of amides is 3. The number of thioether (sulfide) groups is 1. The van der Waals surface area contributed by atoms with Gasteiger partial charge in [0.15, 0.2) is 17.7 Å². The number of ether oxygens (including phenoxy) is 1. The standard InChI is InChI=1S/C53H60N9O25P3S3/c1-53(2,27-83-90(76,77)87-89(74,75)82-26-40-45(85-88(71,72)73)44(66)51(84-40)62-29-59-43-47(54)57-28-58-48(43)62)46(67)49(68)56-19-18-41(63)55-20-21-91-52(70)39(25-42(64)65)61(3)50(69)37-24-34(86-93(80,81)36-16-13-31-9-5-7-11-33(31)23-36)14-17-38(37)60-92(78,79)35-15-12-30-8-4-6-10-32(30)22-35/h4-17,22-24,28-29,39-40,44-46,51,60,66-67H,18-21,25-27H2,1-3H3,(H,55,63)(H,56,68)(H,64,65)(H,74,75)(H,76,77)(H2,54,57,58)(H2,71,72,73). The number of aliphatic hydroxyl groups excluding tert-OH is 2. The fourth-order valence-electron chi connectivity index (χ4n) is 9.13. The number of likely N-dealkylation sites (N-methyl/N-ethyl adjacent to an activating group) is 1. The third-order valence-corrected chi connectivity index (χ3v) is 20.6. The molecule has 1 fully saturated rings. The summed E-state index contributed by atoms with van der Waals surface area (Å²) in [5, 5.41) is 38.1. The van der Waals surface area contributed by atoms with Crippen molar-refractivity contribution in [2.75, 3.05) is 49.6 Å². The largest absolute Gasteiger partial charge is 0.481 e. The molecular weight excluding hydrogens is 1350 g/mol. The monoisotopic (exact) mass is 1410 g/mol. The van der Waals surface area contributed by atoms with Crippen LogP contribution < -0.4 is 25.3 Å². The molecule has 2 aromatic heterocycles. The lowest BCUT2D eigenvalue weighted by molar-refractivity contribution is -0.139. The van der Waals surface area contributed by atoms with Crippen LogP contribution in [0.1, 0.15) is 43.3 Å². The number of rotatable bonds is 30. The summed E-state index contributed by atoms with van der Waals surface area (Å²) in [7, 11) is -24.8. The maximum Gasteiger partial charge on any atom is 0.481 e. The molecule has 500 valence electrons. The summed E-state index contributed by atoms with van der Waals surface area (Å²) in [5.74, 6) is -5.27. The van der Waals surface area contributed by atoms with Crippen molar-refractivity contribution in [1.29, 1.82) is 0 Å². The third-order valence-electron chi connectivity index (χ3n) is 13.9. The number of carboxylic acid groups (broad SMARTS) is 1. The van der Waals surface area contributed by atoms with Gasteiger partial charge in [-0.15, -0.1) is 0 Å². The molecule has 7 aromatic rings. The number of anilines is 2. The van der Waals surface area contributed by atoms with Gasteiger partial charge in [-0.3, -0.25) is 46.8 Å². The molecule has 93 heavy (non-hydrogen) atoms. The van der Waals surface area contributed by atoms with E-state index in [4.69, 9.17) is 23.7 Å². The zero-order chi connectivity index (χ0) is 68.0. The molecule has 1 aliphatic rings. The van der Waals surface area contributed by atoms with Gasteiger partial charge < -0.3 is 65.1 Å². The highest BCUT2D eigenvalue weighted by Crippen LogP contribution is 2.61. The molecule has 34 nitrogen and oxygen atoms in total. The van der Waals surface area contributed by atoms with Crippen LogP contribution in [0.15, 0.2) is 126 Å². The van der Waals surface area contributed by atoms with E-state index in [9.17, 15) is 89.4 Å². The molecule has 0 saturated carbocycles. The zero-order valence-corrected chi connectivity index (χ0v) is 53.9.